The molecule has 3 aromatic rings. The van der Waals surface area contributed by atoms with Crippen LogP contribution < -0.4 is 10.7 Å². The van der Waals surface area contributed by atoms with E-state index in [0.717, 1.165) is 37.1 Å². The van der Waals surface area contributed by atoms with E-state index in [1.165, 1.54) is 0 Å². The maximum atomic E-state index is 12.9. The topological polar surface area (TPSA) is 54.3 Å². The molecule has 26 heavy (non-hydrogen) atoms. The smallest absolute Gasteiger partial charge is 0.242 e. The van der Waals surface area contributed by atoms with Crippen molar-refractivity contribution in [2.75, 3.05) is 26.7 Å². The Morgan fingerprint density at radius 1 is 1.08 bits per heavy atom. The van der Waals surface area contributed by atoms with Gasteiger partial charge in [-0.2, -0.15) is 0 Å². The number of carbonyl (C=O) groups excluding carboxylic acids is 1. The van der Waals surface area contributed by atoms with Gasteiger partial charge < -0.3 is 14.8 Å². The van der Waals surface area contributed by atoms with Gasteiger partial charge >= 0.3 is 0 Å². The highest BCUT2D eigenvalue weighted by Crippen LogP contribution is 2.21. The van der Waals surface area contributed by atoms with Crippen LogP contribution in [-0.4, -0.2) is 42.1 Å². The summed E-state index contributed by atoms with van der Waals surface area (Å²) in [5, 5.41) is 4.52. The van der Waals surface area contributed by atoms with E-state index >= 15 is 0 Å². The van der Waals surface area contributed by atoms with E-state index in [2.05, 4.69) is 5.32 Å². The number of likely N-dealkylation sites (tertiary alicyclic amines) is 1. The molecule has 0 spiro atoms. The first-order valence-electron chi connectivity index (χ1n) is 9.11. The third-order valence-corrected chi connectivity index (χ3v) is 5.30. The van der Waals surface area contributed by atoms with Crippen molar-refractivity contribution in [3.8, 4) is 0 Å². The molecule has 1 aromatic heterocycles. The van der Waals surface area contributed by atoms with Gasteiger partial charge in [0.25, 0.3) is 0 Å². The van der Waals surface area contributed by atoms with Crippen LogP contribution >= 0.6 is 0 Å². The Balaban J connectivity index is 1.75. The van der Waals surface area contributed by atoms with Crippen molar-refractivity contribution in [1.82, 2.24) is 14.8 Å². The van der Waals surface area contributed by atoms with E-state index in [1.54, 1.807) is 0 Å². The van der Waals surface area contributed by atoms with Crippen molar-refractivity contribution in [2.45, 2.75) is 13.0 Å². The third kappa shape index (κ3) is 2.88. The lowest BCUT2D eigenvalue weighted by Crippen LogP contribution is -2.33. The molecule has 0 aliphatic carbocycles. The summed E-state index contributed by atoms with van der Waals surface area (Å²) in [7, 11) is 1.95. The second kappa shape index (κ2) is 6.92. The summed E-state index contributed by atoms with van der Waals surface area (Å²) in [6.45, 7) is 2.80. The zero-order valence-corrected chi connectivity index (χ0v) is 14.9. The molecule has 1 fully saturated rings. The molecule has 2 heterocycles. The highest BCUT2D eigenvalue weighted by atomic mass is 16.2. The number of hydrogen-bond donors (Lipinski definition) is 1. The summed E-state index contributed by atoms with van der Waals surface area (Å²) in [5.74, 6) is 0.633. The van der Waals surface area contributed by atoms with Crippen LogP contribution in [0.5, 0.6) is 0 Å². The Kier molecular flexibility index (Phi) is 4.47. The second-order valence-electron chi connectivity index (χ2n) is 7.00. The number of benzene rings is 2. The Hall–Kier alpha value is -2.66. The molecule has 1 atom stereocenters. The largest absolute Gasteiger partial charge is 0.341 e. The molecule has 1 N–H and O–H groups in total. The van der Waals surface area contributed by atoms with Crippen molar-refractivity contribution in [3.63, 3.8) is 0 Å². The monoisotopic (exact) mass is 349 g/mol. The average molecular weight is 349 g/mol. The molecule has 134 valence electrons. The number of para-hydroxylation sites is 2. The highest BCUT2D eigenvalue weighted by Gasteiger charge is 2.26. The molecule has 1 unspecified atom stereocenters. The summed E-state index contributed by atoms with van der Waals surface area (Å²) < 4.78 is 1.99. The van der Waals surface area contributed by atoms with Crippen LogP contribution in [0.2, 0.25) is 0 Å². The number of nitrogens with zero attached hydrogens (tertiary/aromatic N) is 2. The van der Waals surface area contributed by atoms with E-state index in [-0.39, 0.29) is 17.9 Å². The molecular weight excluding hydrogens is 326 g/mol. The lowest BCUT2D eigenvalue weighted by atomic mass is 10.1. The lowest BCUT2D eigenvalue weighted by molar-refractivity contribution is -0.130. The molecule has 5 heteroatoms. The van der Waals surface area contributed by atoms with E-state index in [1.807, 2.05) is 65.0 Å². The minimum Gasteiger partial charge on any atom is -0.341 e. The third-order valence-electron chi connectivity index (χ3n) is 5.30. The normalized spacial score (nSPS) is 17.3. The molecule has 1 aliphatic heterocycles. The van der Waals surface area contributed by atoms with Gasteiger partial charge in [0.15, 0.2) is 5.43 Å². The molecule has 1 amide bonds. The summed E-state index contributed by atoms with van der Waals surface area (Å²) >= 11 is 0. The first kappa shape index (κ1) is 16.8. The van der Waals surface area contributed by atoms with Gasteiger partial charge in [0.05, 0.1) is 11.0 Å². The fraction of sp³-hybridized carbons (Fsp3) is 0.333. The van der Waals surface area contributed by atoms with Gasteiger partial charge in [-0.05, 0) is 50.2 Å². The number of nitrogens with one attached hydrogen (secondary N) is 1. The summed E-state index contributed by atoms with van der Waals surface area (Å²) in [5.41, 5.74) is 1.65. The number of aromatic nitrogens is 1. The van der Waals surface area contributed by atoms with Crippen molar-refractivity contribution in [1.29, 1.82) is 0 Å². The Bertz CT molecular complexity index is 965. The Labute approximate surface area is 152 Å². The number of pyridine rings is 1. The van der Waals surface area contributed by atoms with Gasteiger partial charge in [0.1, 0.15) is 6.54 Å². The maximum Gasteiger partial charge on any atom is 0.242 e. The average Bonchev–Trinajstić information content (AvgIpc) is 3.14. The number of rotatable bonds is 4. The molecule has 1 aliphatic rings. The van der Waals surface area contributed by atoms with Gasteiger partial charge in [-0.1, -0.05) is 24.3 Å². The SMILES string of the molecule is CNCC1CCN(C(=O)Cn2c3ccccc3c(=O)c3ccccc32)C1. The first-order valence-corrected chi connectivity index (χ1v) is 9.11. The molecule has 0 saturated carbocycles. The quantitative estimate of drug-likeness (QED) is 0.735. The number of fused-ring (bicyclic) bond motifs is 2. The van der Waals surface area contributed by atoms with Crippen LogP contribution in [0.15, 0.2) is 53.3 Å². The van der Waals surface area contributed by atoms with Crippen LogP contribution in [0.1, 0.15) is 6.42 Å². The van der Waals surface area contributed by atoms with E-state index < -0.39 is 0 Å². The van der Waals surface area contributed by atoms with E-state index in [4.69, 9.17) is 0 Å². The fourth-order valence-electron chi connectivity index (χ4n) is 4.00. The standard InChI is InChI=1S/C21H23N3O2/c1-22-12-15-10-11-23(13-15)20(25)14-24-18-8-4-2-6-16(18)21(26)17-7-3-5-9-19(17)24/h2-9,15,22H,10-14H2,1H3. The minimum absolute atomic E-state index is 0.0233. The summed E-state index contributed by atoms with van der Waals surface area (Å²) in [6.07, 6.45) is 1.04. The van der Waals surface area contributed by atoms with Crippen LogP contribution in [0.25, 0.3) is 21.8 Å². The van der Waals surface area contributed by atoms with Crippen molar-refractivity contribution >= 4 is 27.7 Å². The maximum absolute atomic E-state index is 12.9. The van der Waals surface area contributed by atoms with Gasteiger partial charge in [-0.15, -0.1) is 0 Å². The molecule has 0 radical (unpaired) electrons. The van der Waals surface area contributed by atoms with Gasteiger partial charge in [-0.25, -0.2) is 0 Å². The lowest BCUT2D eigenvalue weighted by Gasteiger charge is -2.20. The number of hydrogen-bond acceptors (Lipinski definition) is 3. The summed E-state index contributed by atoms with van der Waals surface area (Å²) in [4.78, 5) is 27.7. The van der Waals surface area contributed by atoms with Crippen LogP contribution in [-0.2, 0) is 11.3 Å². The first-order chi connectivity index (χ1) is 12.7. The molecule has 2 aromatic carbocycles. The summed E-state index contributed by atoms with van der Waals surface area (Å²) in [6, 6.07) is 15.1. The highest BCUT2D eigenvalue weighted by molar-refractivity contribution is 5.94. The van der Waals surface area contributed by atoms with Gasteiger partial charge in [0, 0.05) is 23.9 Å². The van der Waals surface area contributed by atoms with Crippen LogP contribution in [0.4, 0.5) is 0 Å². The number of amides is 1. The zero-order chi connectivity index (χ0) is 18.1. The second-order valence-corrected chi connectivity index (χ2v) is 7.00. The zero-order valence-electron chi connectivity index (χ0n) is 14.9. The molecule has 4 rings (SSSR count). The van der Waals surface area contributed by atoms with Crippen molar-refractivity contribution < 1.29 is 4.79 Å². The number of carbonyl (C=O) groups is 1. The Morgan fingerprint density at radius 3 is 2.31 bits per heavy atom. The molecule has 0 bridgehead atoms. The predicted molar refractivity (Wildman–Crippen MR) is 104 cm³/mol. The fourth-order valence-corrected chi connectivity index (χ4v) is 4.00. The van der Waals surface area contributed by atoms with Gasteiger partial charge in [0.2, 0.25) is 5.91 Å². The van der Waals surface area contributed by atoms with Crippen molar-refractivity contribution in [2.24, 2.45) is 5.92 Å². The van der Waals surface area contributed by atoms with E-state index in [9.17, 15) is 9.59 Å². The van der Waals surface area contributed by atoms with Crippen LogP contribution in [0, 0.1) is 5.92 Å². The van der Waals surface area contributed by atoms with Crippen molar-refractivity contribution in [3.05, 3.63) is 58.8 Å². The molecule has 5 nitrogen and oxygen atoms in total. The van der Waals surface area contributed by atoms with Crippen LogP contribution in [0.3, 0.4) is 0 Å². The van der Waals surface area contributed by atoms with E-state index in [0.29, 0.717) is 16.7 Å². The predicted octanol–water partition coefficient (Wildman–Crippen LogP) is 2.22. The molecule has 1 saturated heterocycles. The molecular formula is C21H23N3O2. The van der Waals surface area contributed by atoms with Gasteiger partial charge in [-0.3, -0.25) is 9.59 Å². The minimum atomic E-state index is 0.0233. The Morgan fingerprint density at radius 2 is 1.69 bits per heavy atom.